The van der Waals surface area contributed by atoms with E-state index in [9.17, 15) is 9.18 Å². The molecule has 0 aliphatic carbocycles. The van der Waals surface area contributed by atoms with Gasteiger partial charge in [-0.2, -0.15) is 0 Å². The molecule has 0 unspecified atom stereocenters. The third kappa shape index (κ3) is 2.82. The Labute approximate surface area is 68.1 Å². The molecule has 0 bridgehead atoms. The normalized spacial score (nSPS) is 21.1. The molecular weight excluding hydrogens is 171 g/mol. The average molecular weight is 182 g/mol. The van der Waals surface area contributed by atoms with Gasteiger partial charge in [0.05, 0.1) is 0 Å². The lowest BCUT2D eigenvalue weighted by molar-refractivity contribution is -0.134. The van der Waals surface area contributed by atoms with Crippen molar-refractivity contribution < 1.29 is 29.6 Å². The maximum absolute atomic E-state index is 11.7. The lowest BCUT2D eigenvalue weighted by Gasteiger charge is -2.21. The summed E-state index contributed by atoms with van der Waals surface area (Å²) in [4.78, 5) is 9.87. The van der Waals surface area contributed by atoms with E-state index in [1.165, 1.54) is 0 Å². The minimum atomic E-state index is -1.87. The van der Waals surface area contributed by atoms with Crippen LogP contribution < -0.4 is 0 Å². The summed E-state index contributed by atoms with van der Waals surface area (Å²) in [5.74, 6) is 0. The summed E-state index contributed by atoms with van der Waals surface area (Å²) in [6.07, 6.45) is -7.36. The standard InChI is InChI=1S/C6H11FO5/c7-1-3(9)5(11)6(12)4(10)2-8/h2-6,9-12H,1H2/t3-,4-,5+,6-/m1/s1. The number of aliphatic hydroxyl groups is 4. The molecule has 0 aromatic heterocycles. The average Bonchev–Trinajstić information content (AvgIpc) is 2.12. The highest BCUT2D eigenvalue weighted by molar-refractivity contribution is 5.56. The number of halogens is 1. The highest BCUT2D eigenvalue weighted by Gasteiger charge is 2.29. The number of aldehydes is 1. The molecule has 0 aliphatic rings. The van der Waals surface area contributed by atoms with Crippen LogP contribution >= 0.6 is 0 Å². The van der Waals surface area contributed by atoms with Gasteiger partial charge in [0.1, 0.15) is 31.1 Å². The molecule has 0 radical (unpaired) electrons. The molecule has 72 valence electrons. The SMILES string of the molecule is O=C[C@@H](O)[C@@H](O)[C@@H](O)[C@H](O)CF. The van der Waals surface area contributed by atoms with Gasteiger partial charge in [-0.1, -0.05) is 0 Å². The number of hydrogen-bond donors (Lipinski definition) is 4. The second kappa shape index (κ2) is 5.15. The molecule has 0 saturated heterocycles. The van der Waals surface area contributed by atoms with Gasteiger partial charge in [-0.15, -0.1) is 0 Å². The first-order valence-electron chi connectivity index (χ1n) is 3.28. The summed E-state index contributed by atoms with van der Waals surface area (Å²) >= 11 is 0. The van der Waals surface area contributed by atoms with Gasteiger partial charge in [-0.25, -0.2) is 4.39 Å². The molecule has 0 heterocycles. The second-order valence-corrected chi connectivity index (χ2v) is 2.33. The summed E-state index contributed by atoms with van der Waals surface area (Å²) in [6.45, 7) is -1.26. The van der Waals surface area contributed by atoms with Gasteiger partial charge in [0.25, 0.3) is 0 Å². The first kappa shape index (κ1) is 11.4. The van der Waals surface area contributed by atoms with Crippen molar-refractivity contribution in [3.63, 3.8) is 0 Å². The second-order valence-electron chi connectivity index (χ2n) is 2.33. The largest absolute Gasteiger partial charge is 0.388 e. The first-order valence-corrected chi connectivity index (χ1v) is 3.28. The van der Waals surface area contributed by atoms with E-state index in [0.29, 0.717) is 0 Å². The molecule has 0 aromatic rings. The quantitative estimate of drug-likeness (QED) is 0.355. The Kier molecular flexibility index (Phi) is 4.91. The van der Waals surface area contributed by atoms with Crippen LogP contribution in [0.3, 0.4) is 0 Å². The third-order valence-electron chi connectivity index (χ3n) is 1.39. The molecule has 4 atom stereocenters. The molecule has 0 fully saturated rings. The highest BCUT2D eigenvalue weighted by atomic mass is 19.1. The van der Waals surface area contributed by atoms with E-state index >= 15 is 0 Å². The van der Waals surface area contributed by atoms with E-state index < -0.39 is 31.1 Å². The maximum Gasteiger partial charge on any atom is 0.151 e. The minimum absolute atomic E-state index is 0.0150. The Morgan fingerprint density at radius 3 is 2.00 bits per heavy atom. The number of aliphatic hydroxyl groups excluding tert-OH is 4. The van der Waals surface area contributed by atoms with Crippen molar-refractivity contribution in [3.05, 3.63) is 0 Å². The van der Waals surface area contributed by atoms with Gasteiger partial charge in [-0.05, 0) is 0 Å². The van der Waals surface area contributed by atoms with Crippen LogP contribution in [0.5, 0.6) is 0 Å². The lowest BCUT2D eigenvalue weighted by atomic mass is 10.0. The lowest BCUT2D eigenvalue weighted by Crippen LogP contribution is -2.45. The molecule has 0 amide bonds. The Morgan fingerprint density at radius 1 is 1.17 bits per heavy atom. The Bertz CT molecular complexity index is 142. The summed E-state index contributed by atoms with van der Waals surface area (Å²) in [6, 6.07) is 0. The van der Waals surface area contributed by atoms with Gasteiger partial charge in [-0.3, -0.25) is 0 Å². The van der Waals surface area contributed by atoms with E-state index in [1.54, 1.807) is 0 Å². The zero-order chi connectivity index (χ0) is 9.72. The van der Waals surface area contributed by atoms with E-state index in [2.05, 4.69) is 0 Å². The van der Waals surface area contributed by atoms with Crippen LogP contribution in [0.2, 0.25) is 0 Å². The monoisotopic (exact) mass is 182 g/mol. The molecule has 12 heavy (non-hydrogen) atoms. The molecule has 5 nitrogen and oxygen atoms in total. The summed E-state index contributed by atoms with van der Waals surface area (Å²) < 4.78 is 11.7. The fourth-order valence-electron chi connectivity index (χ4n) is 0.601. The molecule has 6 heteroatoms. The smallest absolute Gasteiger partial charge is 0.151 e. The molecule has 0 aromatic carbocycles. The fraction of sp³-hybridized carbons (Fsp3) is 0.833. The van der Waals surface area contributed by atoms with Crippen molar-refractivity contribution in [3.8, 4) is 0 Å². The van der Waals surface area contributed by atoms with Crippen molar-refractivity contribution in [2.45, 2.75) is 24.4 Å². The summed E-state index contributed by atoms with van der Waals surface area (Å²) in [7, 11) is 0. The van der Waals surface area contributed by atoms with Crippen LogP contribution in [-0.4, -0.2) is 57.8 Å². The number of alkyl halides is 1. The molecule has 0 aliphatic heterocycles. The Morgan fingerprint density at radius 2 is 1.67 bits per heavy atom. The minimum Gasteiger partial charge on any atom is -0.388 e. The van der Waals surface area contributed by atoms with Crippen LogP contribution in [0.1, 0.15) is 0 Å². The first-order chi connectivity index (χ1) is 5.54. The van der Waals surface area contributed by atoms with Crippen LogP contribution in [-0.2, 0) is 4.79 Å². The highest BCUT2D eigenvalue weighted by Crippen LogP contribution is 2.04. The van der Waals surface area contributed by atoms with E-state index in [1.807, 2.05) is 0 Å². The van der Waals surface area contributed by atoms with Crippen LogP contribution in [0.15, 0.2) is 0 Å². The van der Waals surface area contributed by atoms with Gasteiger partial charge in [0, 0.05) is 0 Å². The molecule has 4 N–H and O–H groups in total. The van der Waals surface area contributed by atoms with Crippen molar-refractivity contribution in [2.75, 3.05) is 6.67 Å². The summed E-state index contributed by atoms with van der Waals surface area (Å²) in [5.41, 5.74) is 0. The number of carbonyl (C=O) groups is 1. The number of hydrogen-bond acceptors (Lipinski definition) is 5. The van der Waals surface area contributed by atoms with Crippen LogP contribution in [0.4, 0.5) is 4.39 Å². The fourth-order valence-corrected chi connectivity index (χ4v) is 0.601. The third-order valence-corrected chi connectivity index (χ3v) is 1.39. The molecule has 0 spiro atoms. The van der Waals surface area contributed by atoms with E-state index in [4.69, 9.17) is 20.4 Å². The van der Waals surface area contributed by atoms with Gasteiger partial charge in [0.15, 0.2) is 6.29 Å². The summed E-state index contributed by atoms with van der Waals surface area (Å²) in [5, 5.41) is 34.9. The van der Waals surface area contributed by atoms with Gasteiger partial charge >= 0.3 is 0 Å². The van der Waals surface area contributed by atoms with Crippen LogP contribution in [0.25, 0.3) is 0 Å². The topological polar surface area (TPSA) is 98.0 Å². The molecular formula is C6H11FO5. The molecule has 0 rings (SSSR count). The maximum atomic E-state index is 11.7. The van der Waals surface area contributed by atoms with Crippen LogP contribution in [0, 0.1) is 0 Å². The van der Waals surface area contributed by atoms with Crippen molar-refractivity contribution in [1.29, 1.82) is 0 Å². The van der Waals surface area contributed by atoms with Crippen molar-refractivity contribution in [1.82, 2.24) is 0 Å². The number of carbonyl (C=O) groups excluding carboxylic acids is 1. The predicted molar refractivity (Wildman–Crippen MR) is 36.1 cm³/mol. The Balaban J connectivity index is 4.07. The zero-order valence-corrected chi connectivity index (χ0v) is 6.17. The van der Waals surface area contributed by atoms with Crippen molar-refractivity contribution in [2.24, 2.45) is 0 Å². The number of rotatable bonds is 5. The van der Waals surface area contributed by atoms with Gasteiger partial charge < -0.3 is 25.2 Å². The van der Waals surface area contributed by atoms with E-state index in [-0.39, 0.29) is 6.29 Å². The predicted octanol–water partition coefficient (Wildman–Crippen LogP) is -2.40. The van der Waals surface area contributed by atoms with Gasteiger partial charge in [0.2, 0.25) is 0 Å². The zero-order valence-electron chi connectivity index (χ0n) is 6.17. The van der Waals surface area contributed by atoms with E-state index in [0.717, 1.165) is 0 Å². The Hall–Kier alpha value is -0.560. The molecule has 0 saturated carbocycles. The van der Waals surface area contributed by atoms with Crippen molar-refractivity contribution >= 4 is 6.29 Å².